The number of methoxy groups -OCH3 is 2. The predicted molar refractivity (Wildman–Crippen MR) is 75.5 cm³/mol. The van der Waals surface area contributed by atoms with E-state index < -0.39 is 0 Å². The second-order valence-corrected chi connectivity index (χ2v) is 4.31. The van der Waals surface area contributed by atoms with Crippen molar-refractivity contribution in [1.82, 2.24) is 9.97 Å². The summed E-state index contributed by atoms with van der Waals surface area (Å²) in [4.78, 5) is 8.24. The van der Waals surface area contributed by atoms with E-state index in [9.17, 15) is 0 Å². The maximum atomic E-state index is 5.85. The number of aromatic nitrogens is 2. The van der Waals surface area contributed by atoms with Gasteiger partial charge in [0.25, 0.3) is 0 Å². The molecule has 0 aliphatic carbocycles. The van der Waals surface area contributed by atoms with Crippen LogP contribution in [0.1, 0.15) is 11.1 Å². The maximum Gasteiger partial charge on any atom is 0.328 e. The molecule has 106 valence electrons. The Balaban J connectivity index is 2.36. The van der Waals surface area contributed by atoms with E-state index in [0.717, 1.165) is 16.8 Å². The van der Waals surface area contributed by atoms with Crippen molar-refractivity contribution < 1.29 is 14.2 Å². The van der Waals surface area contributed by atoms with Crippen LogP contribution in [-0.4, -0.2) is 24.2 Å². The maximum absolute atomic E-state index is 5.85. The Morgan fingerprint density at radius 3 is 2.05 bits per heavy atom. The van der Waals surface area contributed by atoms with Gasteiger partial charge in [-0.05, 0) is 37.1 Å². The molecule has 1 aromatic heterocycles. The highest BCUT2D eigenvalue weighted by Crippen LogP contribution is 2.29. The minimum atomic E-state index is 0.161. The van der Waals surface area contributed by atoms with Gasteiger partial charge in [-0.25, -0.2) is 0 Å². The second-order valence-electron chi connectivity index (χ2n) is 4.31. The Morgan fingerprint density at radius 1 is 0.900 bits per heavy atom. The van der Waals surface area contributed by atoms with Gasteiger partial charge in [-0.1, -0.05) is 0 Å². The number of hydrogen-bond acceptors (Lipinski definition) is 6. The van der Waals surface area contributed by atoms with E-state index in [1.807, 2.05) is 26.0 Å². The van der Waals surface area contributed by atoms with Crippen molar-refractivity contribution in [1.29, 1.82) is 0 Å². The highest BCUT2D eigenvalue weighted by Gasteiger charge is 2.10. The predicted octanol–water partition coefficient (Wildman–Crippen LogP) is 2.49. The second kappa shape index (κ2) is 5.64. The summed E-state index contributed by atoms with van der Waals surface area (Å²) >= 11 is 0. The minimum absolute atomic E-state index is 0.161. The number of anilines is 1. The molecular formula is C14H17N3O3. The molecule has 2 rings (SSSR count). The summed E-state index contributed by atoms with van der Waals surface area (Å²) in [6.07, 6.45) is 0. The number of aryl methyl sites for hydroxylation is 2. The van der Waals surface area contributed by atoms with Crippen LogP contribution in [-0.2, 0) is 0 Å². The fourth-order valence-corrected chi connectivity index (χ4v) is 1.66. The van der Waals surface area contributed by atoms with Crippen LogP contribution in [0.5, 0.6) is 23.5 Å². The first-order valence-electron chi connectivity index (χ1n) is 6.05. The summed E-state index contributed by atoms with van der Waals surface area (Å²) in [6.45, 7) is 3.82. The topological polar surface area (TPSA) is 79.5 Å². The molecule has 20 heavy (non-hydrogen) atoms. The summed E-state index contributed by atoms with van der Waals surface area (Å²) in [6, 6.07) is 5.43. The first-order chi connectivity index (χ1) is 9.53. The monoisotopic (exact) mass is 275 g/mol. The number of nitrogen functional groups attached to an aromatic ring is 1. The number of ether oxygens (including phenoxy) is 3. The molecule has 0 unspecified atom stereocenters. The van der Waals surface area contributed by atoms with Crippen LogP contribution in [0.25, 0.3) is 0 Å². The normalized spacial score (nSPS) is 10.2. The number of rotatable bonds is 4. The summed E-state index contributed by atoms with van der Waals surface area (Å²) in [7, 11) is 3.04. The highest BCUT2D eigenvalue weighted by molar-refractivity contribution is 5.54. The molecular weight excluding hydrogens is 258 g/mol. The SMILES string of the molecule is COc1cc(OC)nc(Oc2cc(C)c(N)cc2C)n1. The van der Waals surface area contributed by atoms with E-state index in [4.69, 9.17) is 19.9 Å². The molecule has 0 fully saturated rings. The molecule has 2 N–H and O–H groups in total. The van der Waals surface area contributed by atoms with E-state index in [-0.39, 0.29) is 6.01 Å². The van der Waals surface area contributed by atoms with Crippen LogP contribution in [0, 0.1) is 13.8 Å². The van der Waals surface area contributed by atoms with Gasteiger partial charge in [-0.3, -0.25) is 0 Å². The fraction of sp³-hybridized carbons (Fsp3) is 0.286. The van der Waals surface area contributed by atoms with Crippen LogP contribution in [0.3, 0.4) is 0 Å². The smallest absolute Gasteiger partial charge is 0.328 e. The van der Waals surface area contributed by atoms with Crippen LogP contribution in [0.2, 0.25) is 0 Å². The molecule has 0 atom stereocenters. The number of nitrogens with zero attached hydrogens (tertiary/aromatic N) is 2. The van der Waals surface area contributed by atoms with Gasteiger partial charge in [0.2, 0.25) is 11.8 Å². The molecule has 2 aromatic rings. The van der Waals surface area contributed by atoms with Crippen molar-refractivity contribution in [3.05, 3.63) is 29.3 Å². The molecule has 0 saturated heterocycles. The molecule has 1 aromatic carbocycles. The zero-order chi connectivity index (χ0) is 14.7. The van der Waals surface area contributed by atoms with Gasteiger partial charge in [0.05, 0.1) is 20.3 Å². The van der Waals surface area contributed by atoms with E-state index >= 15 is 0 Å². The summed E-state index contributed by atoms with van der Waals surface area (Å²) in [5.41, 5.74) is 8.40. The largest absolute Gasteiger partial charge is 0.481 e. The lowest BCUT2D eigenvalue weighted by molar-refractivity contribution is 0.347. The molecule has 1 heterocycles. The first-order valence-corrected chi connectivity index (χ1v) is 6.05. The van der Waals surface area contributed by atoms with E-state index in [0.29, 0.717) is 17.5 Å². The van der Waals surface area contributed by atoms with E-state index in [1.165, 1.54) is 14.2 Å². The van der Waals surface area contributed by atoms with Crippen molar-refractivity contribution in [2.45, 2.75) is 13.8 Å². The van der Waals surface area contributed by atoms with Gasteiger partial charge in [-0.2, -0.15) is 9.97 Å². The molecule has 6 heteroatoms. The van der Waals surface area contributed by atoms with Gasteiger partial charge in [0.1, 0.15) is 5.75 Å². The molecule has 0 aliphatic rings. The van der Waals surface area contributed by atoms with Gasteiger partial charge < -0.3 is 19.9 Å². The van der Waals surface area contributed by atoms with Crippen LogP contribution in [0.15, 0.2) is 18.2 Å². The van der Waals surface area contributed by atoms with E-state index in [1.54, 1.807) is 6.07 Å². The van der Waals surface area contributed by atoms with Crippen molar-refractivity contribution in [2.75, 3.05) is 20.0 Å². The van der Waals surface area contributed by atoms with Crippen molar-refractivity contribution in [2.24, 2.45) is 0 Å². The van der Waals surface area contributed by atoms with Gasteiger partial charge in [0.15, 0.2) is 0 Å². The van der Waals surface area contributed by atoms with E-state index in [2.05, 4.69) is 9.97 Å². The standard InChI is InChI=1S/C14H17N3O3/c1-8-6-11(9(2)5-10(8)15)20-14-16-12(18-3)7-13(17-14)19-4/h5-7H,15H2,1-4H3. The zero-order valence-corrected chi connectivity index (χ0v) is 11.9. The molecule has 0 amide bonds. The van der Waals surface area contributed by atoms with Crippen LogP contribution < -0.4 is 19.9 Å². The first kappa shape index (κ1) is 13.9. The average molecular weight is 275 g/mol. The van der Waals surface area contributed by atoms with Crippen molar-refractivity contribution >= 4 is 5.69 Å². The zero-order valence-electron chi connectivity index (χ0n) is 11.9. The van der Waals surface area contributed by atoms with Gasteiger partial charge in [0, 0.05) is 5.69 Å². The Hall–Kier alpha value is -2.50. The van der Waals surface area contributed by atoms with Gasteiger partial charge >= 0.3 is 6.01 Å². The fourth-order valence-electron chi connectivity index (χ4n) is 1.66. The molecule has 0 aliphatic heterocycles. The number of benzene rings is 1. The third-order valence-corrected chi connectivity index (χ3v) is 2.84. The lowest BCUT2D eigenvalue weighted by atomic mass is 10.1. The molecule has 0 bridgehead atoms. The molecule has 0 saturated carbocycles. The highest BCUT2D eigenvalue weighted by atomic mass is 16.5. The Morgan fingerprint density at radius 2 is 1.50 bits per heavy atom. The van der Waals surface area contributed by atoms with Crippen molar-refractivity contribution in [3.63, 3.8) is 0 Å². The Bertz CT molecular complexity index is 607. The van der Waals surface area contributed by atoms with Crippen molar-refractivity contribution in [3.8, 4) is 23.5 Å². The molecule has 0 spiro atoms. The van der Waals surface area contributed by atoms with Gasteiger partial charge in [-0.15, -0.1) is 0 Å². The third-order valence-electron chi connectivity index (χ3n) is 2.84. The summed E-state index contributed by atoms with van der Waals surface area (Å²) < 4.78 is 15.8. The minimum Gasteiger partial charge on any atom is -0.481 e. The third kappa shape index (κ3) is 2.90. The van der Waals surface area contributed by atoms with Crippen LogP contribution >= 0.6 is 0 Å². The lowest BCUT2D eigenvalue weighted by Crippen LogP contribution is -2.00. The average Bonchev–Trinajstić information content (AvgIpc) is 2.44. The molecule has 0 radical (unpaired) electrons. The quantitative estimate of drug-likeness (QED) is 0.863. The Labute approximate surface area is 117 Å². The summed E-state index contributed by atoms with van der Waals surface area (Å²) in [5, 5.41) is 0. The number of hydrogen-bond donors (Lipinski definition) is 1. The number of nitrogens with two attached hydrogens (primary N) is 1. The summed E-state index contributed by atoms with van der Waals surface area (Å²) in [5.74, 6) is 1.39. The van der Waals surface area contributed by atoms with Crippen LogP contribution in [0.4, 0.5) is 5.69 Å². The lowest BCUT2D eigenvalue weighted by Gasteiger charge is -2.11. The molecule has 6 nitrogen and oxygen atoms in total. The Kier molecular flexibility index (Phi) is 3.93.